The first kappa shape index (κ1) is 13.7. The normalized spacial score (nSPS) is 19.4. The molecule has 0 saturated carbocycles. The largest absolute Gasteiger partial charge is 0.506 e. The SMILES string of the molecule is O=C(Nc1cc(C(F)(F)F)ccc1O)[C@H]1CCOC1. The number of phenolic OH excluding ortho intramolecular Hbond substituents is 1. The standard InChI is InChI=1S/C12H12F3NO3/c13-12(14,15)8-1-2-10(17)9(5-8)16-11(18)7-3-4-19-6-7/h1-2,5,7,17H,3-4,6H2,(H,16,18)/t7-/m0/s1. The van der Waals surface area contributed by atoms with Crippen molar-refractivity contribution >= 4 is 11.6 Å². The van der Waals surface area contributed by atoms with Crippen molar-refractivity contribution in [3.05, 3.63) is 23.8 Å². The Kier molecular flexibility index (Phi) is 3.66. The maximum atomic E-state index is 12.5. The number of anilines is 1. The first-order valence-electron chi connectivity index (χ1n) is 5.67. The zero-order valence-electron chi connectivity index (χ0n) is 9.83. The maximum Gasteiger partial charge on any atom is 0.416 e. The van der Waals surface area contributed by atoms with Crippen LogP contribution >= 0.6 is 0 Å². The fraction of sp³-hybridized carbons (Fsp3) is 0.417. The summed E-state index contributed by atoms with van der Waals surface area (Å²) in [5.74, 6) is -1.25. The van der Waals surface area contributed by atoms with Crippen molar-refractivity contribution in [1.82, 2.24) is 0 Å². The molecular weight excluding hydrogens is 263 g/mol. The van der Waals surface area contributed by atoms with E-state index in [9.17, 15) is 23.1 Å². The van der Waals surface area contributed by atoms with Crippen LogP contribution in [-0.2, 0) is 15.7 Å². The predicted octanol–water partition coefficient (Wildman–Crippen LogP) is 2.39. The summed E-state index contributed by atoms with van der Waals surface area (Å²) >= 11 is 0. The number of hydrogen-bond acceptors (Lipinski definition) is 3. The summed E-state index contributed by atoms with van der Waals surface area (Å²) in [7, 11) is 0. The van der Waals surface area contributed by atoms with Gasteiger partial charge in [-0.2, -0.15) is 13.2 Å². The van der Waals surface area contributed by atoms with E-state index in [1.165, 1.54) is 0 Å². The summed E-state index contributed by atoms with van der Waals surface area (Å²) in [6, 6.07) is 2.37. The molecule has 0 spiro atoms. The summed E-state index contributed by atoms with van der Waals surface area (Å²) in [5.41, 5.74) is -1.17. The number of aromatic hydroxyl groups is 1. The number of nitrogens with one attached hydrogen (secondary N) is 1. The number of benzene rings is 1. The van der Waals surface area contributed by atoms with Gasteiger partial charge < -0.3 is 15.2 Å². The Balaban J connectivity index is 2.17. The summed E-state index contributed by atoms with van der Waals surface area (Å²) in [6.07, 6.45) is -4.00. The third-order valence-electron chi connectivity index (χ3n) is 2.88. The lowest BCUT2D eigenvalue weighted by atomic mass is 10.1. The molecule has 1 aromatic carbocycles. The maximum absolute atomic E-state index is 12.5. The molecule has 1 aliphatic heterocycles. The van der Waals surface area contributed by atoms with E-state index in [-0.39, 0.29) is 12.3 Å². The van der Waals surface area contributed by atoms with Crippen LogP contribution in [0.5, 0.6) is 5.75 Å². The molecule has 0 radical (unpaired) electrons. The highest BCUT2D eigenvalue weighted by molar-refractivity contribution is 5.94. The number of carbonyl (C=O) groups is 1. The van der Waals surface area contributed by atoms with Gasteiger partial charge in [-0.15, -0.1) is 0 Å². The van der Waals surface area contributed by atoms with E-state index in [1.54, 1.807) is 0 Å². The number of hydrogen-bond donors (Lipinski definition) is 2. The highest BCUT2D eigenvalue weighted by Gasteiger charge is 2.31. The molecular formula is C12H12F3NO3. The van der Waals surface area contributed by atoms with Crippen LogP contribution in [0, 0.1) is 5.92 Å². The lowest BCUT2D eigenvalue weighted by Crippen LogP contribution is -2.23. The molecule has 0 bridgehead atoms. The van der Waals surface area contributed by atoms with Crippen molar-refractivity contribution in [2.24, 2.45) is 5.92 Å². The number of alkyl halides is 3. The van der Waals surface area contributed by atoms with Crippen LogP contribution in [0.3, 0.4) is 0 Å². The minimum absolute atomic E-state index is 0.242. The quantitative estimate of drug-likeness (QED) is 0.815. The van der Waals surface area contributed by atoms with Crippen LogP contribution < -0.4 is 5.32 Å². The Bertz CT molecular complexity index is 482. The highest BCUT2D eigenvalue weighted by atomic mass is 19.4. The van der Waals surface area contributed by atoms with E-state index in [0.717, 1.165) is 12.1 Å². The third-order valence-corrected chi connectivity index (χ3v) is 2.88. The average molecular weight is 275 g/mol. The highest BCUT2D eigenvalue weighted by Crippen LogP contribution is 2.34. The van der Waals surface area contributed by atoms with Crippen LogP contribution in [0.2, 0.25) is 0 Å². The Morgan fingerprint density at radius 3 is 2.74 bits per heavy atom. The van der Waals surface area contributed by atoms with Crippen molar-refractivity contribution in [2.75, 3.05) is 18.5 Å². The van der Waals surface area contributed by atoms with E-state index in [0.29, 0.717) is 19.1 Å². The van der Waals surface area contributed by atoms with Gasteiger partial charge in [-0.05, 0) is 24.6 Å². The van der Waals surface area contributed by atoms with Crippen molar-refractivity contribution in [3.63, 3.8) is 0 Å². The number of phenols is 1. The van der Waals surface area contributed by atoms with Gasteiger partial charge in [0, 0.05) is 6.61 Å². The topological polar surface area (TPSA) is 58.6 Å². The molecule has 0 aromatic heterocycles. The van der Waals surface area contributed by atoms with E-state index in [4.69, 9.17) is 4.74 Å². The number of amides is 1. The van der Waals surface area contributed by atoms with Crippen LogP contribution in [0.4, 0.5) is 18.9 Å². The van der Waals surface area contributed by atoms with E-state index < -0.39 is 29.3 Å². The molecule has 1 amide bonds. The molecule has 1 aliphatic rings. The molecule has 0 aliphatic carbocycles. The Morgan fingerprint density at radius 1 is 1.42 bits per heavy atom. The van der Waals surface area contributed by atoms with Gasteiger partial charge in [-0.25, -0.2) is 0 Å². The second-order valence-electron chi connectivity index (χ2n) is 4.28. The lowest BCUT2D eigenvalue weighted by Gasteiger charge is -2.13. The molecule has 1 heterocycles. The second kappa shape index (κ2) is 5.08. The molecule has 1 atom stereocenters. The van der Waals surface area contributed by atoms with E-state index in [2.05, 4.69) is 5.32 Å². The molecule has 2 rings (SSSR count). The fourth-order valence-electron chi connectivity index (χ4n) is 1.79. The van der Waals surface area contributed by atoms with E-state index in [1.807, 2.05) is 0 Å². The Labute approximate surface area is 107 Å². The van der Waals surface area contributed by atoms with Crippen molar-refractivity contribution in [2.45, 2.75) is 12.6 Å². The zero-order valence-corrected chi connectivity index (χ0v) is 9.83. The molecule has 104 valence electrons. The second-order valence-corrected chi connectivity index (χ2v) is 4.28. The van der Waals surface area contributed by atoms with Crippen LogP contribution in [0.15, 0.2) is 18.2 Å². The van der Waals surface area contributed by atoms with Gasteiger partial charge in [0.1, 0.15) is 5.75 Å². The van der Waals surface area contributed by atoms with Crippen molar-refractivity contribution in [3.8, 4) is 5.75 Å². The van der Waals surface area contributed by atoms with Crippen molar-refractivity contribution < 1.29 is 27.8 Å². The average Bonchev–Trinajstić information content (AvgIpc) is 2.84. The van der Waals surface area contributed by atoms with Gasteiger partial charge in [-0.3, -0.25) is 4.79 Å². The Morgan fingerprint density at radius 2 is 2.16 bits per heavy atom. The van der Waals surface area contributed by atoms with E-state index >= 15 is 0 Å². The third kappa shape index (κ3) is 3.17. The summed E-state index contributed by atoms with van der Waals surface area (Å²) in [5, 5.41) is 11.8. The molecule has 1 saturated heterocycles. The molecule has 0 unspecified atom stereocenters. The minimum Gasteiger partial charge on any atom is -0.506 e. The number of rotatable bonds is 2. The molecule has 19 heavy (non-hydrogen) atoms. The first-order valence-corrected chi connectivity index (χ1v) is 5.67. The molecule has 1 fully saturated rings. The molecule has 2 N–H and O–H groups in total. The number of ether oxygens (including phenoxy) is 1. The smallest absolute Gasteiger partial charge is 0.416 e. The summed E-state index contributed by atoms with van der Waals surface area (Å²) in [6.45, 7) is 0.693. The fourth-order valence-corrected chi connectivity index (χ4v) is 1.79. The summed E-state index contributed by atoms with van der Waals surface area (Å²) in [4.78, 5) is 11.7. The monoisotopic (exact) mass is 275 g/mol. The van der Waals surface area contributed by atoms with Gasteiger partial charge in [0.25, 0.3) is 0 Å². The molecule has 7 heteroatoms. The van der Waals surface area contributed by atoms with Gasteiger partial charge in [0.15, 0.2) is 0 Å². The number of halogens is 3. The van der Waals surface area contributed by atoms with Gasteiger partial charge in [0.05, 0.1) is 23.8 Å². The van der Waals surface area contributed by atoms with Gasteiger partial charge in [0.2, 0.25) is 5.91 Å². The first-order chi connectivity index (χ1) is 8.88. The minimum atomic E-state index is -4.52. The summed E-state index contributed by atoms with van der Waals surface area (Å²) < 4.78 is 42.6. The molecule has 4 nitrogen and oxygen atoms in total. The lowest BCUT2D eigenvalue weighted by molar-refractivity contribution is -0.137. The van der Waals surface area contributed by atoms with Crippen LogP contribution in [0.25, 0.3) is 0 Å². The van der Waals surface area contributed by atoms with Crippen LogP contribution in [-0.4, -0.2) is 24.2 Å². The van der Waals surface area contributed by atoms with Crippen molar-refractivity contribution in [1.29, 1.82) is 0 Å². The number of carbonyl (C=O) groups excluding carboxylic acids is 1. The van der Waals surface area contributed by atoms with Gasteiger partial charge in [-0.1, -0.05) is 0 Å². The van der Waals surface area contributed by atoms with Gasteiger partial charge >= 0.3 is 6.18 Å². The zero-order chi connectivity index (χ0) is 14.0. The van der Waals surface area contributed by atoms with Crippen LogP contribution in [0.1, 0.15) is 12.0 Å². The Hall–Kier alpha value is -1.76. The molecule has 1 aromatic rings. The predicted molar refractivity (Wildman–Crippen MR) is 60.7 cm³/mol.